The quantitative estimate of drug-likeness (QED) is 0.826. The highest BCUT2D eigenvalue weighted by Crippen LogP contribution is 2.24. The molecular weight excluding hydrogens is 206 g/mol. The van der Waals surface area contributed by atoms with Gasteiger partial charge in [-0.05, 0) is 42.9 Å². The van der Waals surface area contributed by atoms with Gasteiger partial charge in [0.15, 0.2) is 0 Å². The number of nitrogens with one attached hydrogen (secondary N) is 1. The third kappa shape index (κ3) is 4.51. The Morgan fingerprint density at radius 1 is 1.18 bits per heavy atom. The zero-order valence-electron chi connectivity index (χ0n) is 12.2. The van der Waals surface area contributed by atoms with Crippen molar-refractivity contribution in [1.29, 1.82) is 0 Å². The largest absolute Gasteiger partial charge is 0.312 e. The maximum absolute atomic E-state index is 3.58. The molecule has 1 heteroatoms. The first kappa shape index (κ1) is 14.2. The van der Waals surface area contributed by atoms with Gasteiger partial charge in [0.25, 0.3) is 0 Å². The molecule has 1 nitrogen and oxygen atoms in total. The lowest BCUT2D eigenvalue weighted by Crippen LogP contribution is -2.29. The number of benzene rings is 1. The molecule has 1 atom stereocenters. The van der Waals surface area contributed by atoms with E-state index in [-0.39, 0.29) is 0 Å². The monoisotopic (exact) mass is 233 g/mol. The van der Waals surface area contributed by atoms with E-state index in [1.165, 1.54) is 16.7 Å². The summed E-state index contributed by atoms with van der Waals surface area (Å²) in [5, 5.41) is 3.58. The van der Waals surface area contributed by atoms with Crippen LogP contribution < -0.4 is 5.32 Å². The molecular formula is C16H27N. The molecule has 0 aromatic heterocycles. The Morgan fingerprint density at radius 2 is 1.82 bits per heavy atom. The lowest BCUT2D eigenvalue weighted by molar-refractivity contribution is 0.252. The molecule has 96 valence electrons. The minimum absolute atomic E-state index is 0.384. The summed E-state index contributed by atoms with van der Waals surface area (Å²) in [6, 6.07) is 6.67. The molecule has 17 heavy (non-hydrogen) atoms. The summed E-state index contributed by atoms with van der Waals surface area (Å²) in [4.78, 5) is 0. The van der Waals surface area contributed by atoms with Crippen LogP contribution in [0.5, 0.6) is 0 Å². The second-order valence-electron chi connectivity index (χ2n) is 6.33. The fourth-order valence-electron chi connectivity index (χ4n) is 1.72. The Hall–Kier alpha value is -0.820. The van der Waals surface area contributed by atoms with E-state index >= 15 is 0 Å². The number of aryl methyl sites for hydroxylation is 2. The molecule has 0 saturated carbocycles. The molecule has 0 aliphatic rings. The van der Waals surface area contributed by atoms with Gasteiger partial charge in [-0.3, -0.25) is 0 Å². The Morgan fingerprint density at radius 3 is 2.41 bits per heavy atom. The summed E-state index contributed by atoms with van der Waals surface area (Å²) in [5.74, 6) is 0.688. The zero-order valence-corrected chi connectivity index (χ0v) is 12.2. The lowest BCUT2D eigenvalue weighted by atomic mass is 9.82. The molecule has 1 aromatic rings. The van der Waals surface area contributed by atoms with Gasteiger partial charge in [0.1, 0.15) is 0 Å². The van der Waals surface area contributed by atoms with Crippen LogP contribution in [0.15, 0.2) is 18.2 Å². The van der Waals surface area contributed by atoms with Crippen LogP contribution in [-0.2, 0) is 6.54 Å². The van der Waals surface area contributed by atoms with Crippen LogP contribution in [-0.4, -0.2) is 6.54 Å². The second-order valence-corrected chi connectivity index (χ2v) is 6.33. The van der Waals surface area contributed by atoms with Crippen molar-refractivity contribution in [2.75, 3.05) is 6.54 Å². The van der Waals surface area contributed by atoms with E-state index in [1.807, 2.05) is 0 Å². The van der Waals surface area contributed by atoms with Gasteiger partial charge in [-0.15, -0.1) is 0 Å². The normalized spacial score (nSPS) is 13.8. The molecule has 1 unspecified atom stereocenters. The van der Waals surface area contributed by atoms with E-state index in [9.17, 15) is 0 Å². The third-order valence-corrected chi connectivity index (χ3v) is 3.75. The van der Waals surface area contributed by atoms with Crippen LogP contribution in [0.2, 0.25) is 0 Å². The van der Waals surface area contributed by atoms with Gasteiger partial charge in [-0.25, -0.2) is 0 Å². The second kappa shape index (κ2) is 5.68. The molecule has 1 N–H and O–H groups in total. The topological polar surface area (TPSA) is 12.0 Å². The molecule has 0 fully saturated rings. The van der Waals surface area contributed by atoms with Crippen LogP contribution in [0.3, 0.4) is 0 Å². The Labute approximate surface area is 107 Å². The van der Waals surface area contributed by atoms with E-state index in [0.717, 1.165) is 13.1 Å². The van der Waals surface area contributed by atoms with Crippen molar-refractivity contribution in [2.45, 2.75) is 48.1 Å². The SMILES string of the molecule is Cc1ccc(C)c(CNCC(C)C(C)(C)C)c1. The van der Waals surface area contributed by atoms with Crippen LogP contribution in [0, 0.1) is 25.2 Å². The average Bonchev–Trinajstić information content (AvgIpc) is 2.21. The molecule has 0 aliphatic heterocycles. The molecule has 0 bridgehead atoms. The summed E-state index contributed by atoms with van der Waals surface area (Å²) >= 11 is 0. The van der Waals surface area contributed by atoms with Gasteiger partial charge in [0.2, 0.25) is 0 Å². The van der Waals surface area contributed by atoms with Gasteiger partial charge in [0, 0.05) is 6.54 Å². The fraction of sp³-hybridized carbons (Fsp3) is 0.625. The lowest BCUT2D eigenvalue weighted by Gasteiger charge is -2.27. The minimum atomic E-state index is 0.384. The van der Waals surface area contributed by atoms with Gasteiger partial charge < -0.3 is 5.32 Å². The van der Waals surface area contributed by atoms with Crippen LogP contribution in [0.25, 0.3) is 0 Å². The van der Waals surface area contributed by atoms with Crippen molar-refractivity contribution in [3.05, 3.63) is 34.9 Å². The smallest absolute Gasteiger partial charge is 0.0208 e. The maximum Gasteiger partial charge on any atom is 0.0208 e. The summed E-state index contributed by atoms with van der Waals surface area (Å²) in [6.07, 6.45) is 0. The van der Waals surface area contributed by atoms with Crippen molar-refractivity contribution in [2.24, 2.45) is 11.3 Å². The predicted molar refractivity (Wildman–Crippen MR) is 76.2 cm³/mol. The van der Waals surface area contributed by atoms with Crippen molar-refractivity contribution < 1.29 is 0 Å². The molecule has 0 radical (unpaired) electrons. The average molecular weight is 233 g/mol. The highest BCUT2D eigenvalue weighted by Gasteiger charge is 2.19. The fourth-order valence-corrected chi connectivity index (χ4v) is 1.72. The Kier molecular flexibility index (Phi) is 4.76. The predicted octanol–water partition coefficient (Wildman–Crippen LogP) is 4.08. The number of hydrogen-bond donors (Lipinski definition) is 1. The molecule has 1 aromatic carbocycles. The highest BCUT2D eigenvalue weighted by molar-refractivity contribution is 5.30. The van der Waals surface area contributed by atoms with Crippen molar-refractivity contribution in [3.8, 4) is 0 Å². The zero-order chi connectivity index (χ0) is 13.1. The Bertz CT molecular complexity index is 360. The van der Waals surface area contributed by atoms with Gasteiger partial charge in [-0.1, -0.05) is 51.5 Å². The first-order chi connectivity index (χ1) is 7.80. The van der Waals surface area contributed by atoms with Crippen molar-refractivity contribution >= 4 is 0 Å². The van der Waals surface area contributed by atoms with E-state index < -0.39 is 0 Å². The molecule has 0 aliphatic carbocycles. The van der Waals surface area contributed by atoms with E-state index in [2.05, 4.69) is 65.1 Å². The number of hydrogen-bond acceptors (Lipinski definition) is 1. The van der Waals surface area contributed by atoms with Gasteiger partial charge in [0.05, 0.1) is 0 Å². The minimum Gasteiger partial charge on any atom is -0.312 e. The van der Waals surface area contributed by atoms with Crippen molar-refractivity contribution in [1.82, 2.24) is 5.32 Å². The summed E-state index contributed by atoms with van der Waals surface area (Å²) in [7, 11) is 0. The Balaban J connectivity index is 2.49. The summed E-state index contributed by atoms with van der Waals surface area (Å²) < 4.78 is 0. The molecule has 1 rings (SSSR count). The summed E-state index contributed by atoms with van der Waals surface area (Å²) in [6.45, 7) is 15.6. The van der Waals surface area contributed by atoms with Crippen LogP contribution in [0.1, 0.15) is 44.4 Å². The van der Waals surface area contributed by atoms with E-state index in [0.29, 0.717) is 11.3 Å². The van der Waals surface area contributed by atoms with Crippen molar-refractivity contribution in [3.63, 3.8) is 0 Å². The van der Waals surface area contributed by atoms with Crippen LogP contribution in [0.4, 0.5) is 0 Å². The van der Waals surface area contributed by atoms with Gasteiger partial charge in [-0.2, -0.15) is 0 Å². The molecule has 0 amide bonds. The molecule has 0 heterocycles. The first-order valence-electron chi connectivity index (χ1n) is 6.57. The third-order valence-electron chi connectivity index (χ3n) is 3.75. The van der Waals surface area contributed by atoms with Gasteiger partial charge >= 0.3 is 0 Å². The van der Waals surface area contributed by atoms with E-state index in [4.69, 9.17) is 0 Å². The number of rotatable bonds is 4. The first-order valence-corrected chi connectivity index (χ1v) is 6.57. The standard InChI is InChI=1S/C16H27N/c1-12-7-8-13(2)15(9-12)11-17-10-14(3)16(4,5)6/h7-9,14,17H,10-11H2,1-6H3. The van der Waals surface area contributed by atoms with Crippen LogP contribution >= 0.6 is 0 Å². The van der Waals surface area contributed by atoms with E-state index in [1.54, 1.807) is 0 Å². The summed E-state index contributed by atoms with van der Waals surface area (Å²) in [5.41, 5.74) is 4.53. The maximum atomic E-state index is 3.58. The molecule has 0 saturated heterocycles. The highest BCUT2D eigenvalue weighted by atomic mass is 14.9. The molecule has 0 spiro atoms.